The van der Waals surface area contributed by atoms with Crippen LogP contribution in [-0.2, 0) is 24.7 Å². The van der Waals surface area contributed by atoms with Gasteiger partial charge in [-0.2, -0.15) is 0 Å². The van der Waals surface area contributed by atoms with E-state index in [9.17, 15) is 21.6 Å². The lowest BCUT2D eigenvalue weighted by atomic mass is 10.2. The monoisotopic (exact) mass is 346 g/mol. The fourth-order valence-electron chi connectivity index (χ4n) is 2.15. The summed E-state index contributed by atoms with van der Waals surface area (Å²) >= 11 is 0. The highest BCUT2D eigenvalue weighted by Crippen LogP contribution is 2.11. The summed E-state index contributed by atoms with van der Waals surface area (Å²) in [5.74, 6) is -0.589. The molecule has 1 aromatic carbocycles. The number of rotatable bonds is 5. The van der Waals surface area contributed by atoms with Crippen molar-refractivity contribution in [2.75, 3.05) is 18.1 Å². The SMILES string of the molecule is Cc1ccc(S(=O)(=O)NCC(=O)N[C@@H]2CCS(=O)(=O)C2)cc1. The van der Waals surface area contributed by atoms with E-state index in [-0.39, 0.29) is 16.4 Å². The largest absolute Gasteiger partial charge is 0.351 e. The lowest BCUT2D eigenvalue weighted by Crippen LogP contribution is -2.42. The molecule has 0 aromatic heterocycles. The van der Waals surface area contributed by atoms with Crippen molar-refractivity contribution in [1.29, 1.82) is 0 Å². The van der Waals surface area contributed by atoms with Crippen LogP contribution in [0.5, 0.6) is 0 Å². The molecule has 1 fully saturated rings. The van der Waals surface area contributed by atoms with Crippen molar-refractivity contribution in [2.24, 2.45) is 0 Å². The molecule has 1 saturated heterocycles. The fraction of sp³-hybridized carbons (Fsp3) is 0.462. The lowest BCUT2D eigenvalue weighted by molar-refractivity contribution is -0.120. The molecular formula is C13H18N2O5S2. The molecule has 2 N–H and O–H groups in total. The summed E-state index contributed by atoms with van der Waals surface area (Å²) < 4.78 is 48.8. The third kappa shape index (κ3) is 4.52. The van der Waals surface area contributed by atoms with Crippen LogP contribution in [-0.4, -0.2) is 46.8 Å². The van der Waals surface area contributed by atoms with E-state index in [1.54, 1.807) is 12.1 Å². The van der Waals surface area contributed by atoms with Crippen LogP contribution >= 0.6 is 0 Å². The van der Waals surface area contributed by atoms with Crippen LogP contribution in [0.3, 0.4) is 0 Å². The Bertz CT molecular complexity index is 754. The second-order valence-electron chi connectivity index (χ2n) is 5.31. The first-order chi connectivity index (χ1) is 10.2. The van der Waals surface area contributed by atoms with Crippen molar-refractivity contribution in [1.82, 2.24) is 10.0 Å². The lowest BCUT2D eigenvalue weighted by Gasteiger charge is -2.11. The van der Waals surface area contributed by atoms with Gasteiger partial charge in [0.25, 0.3) is 0 Å². The molecule has 0 aliphatic carbocycles. The van der Waals surface area contributed by atoms with Crippen molar-refractivity contribution in [3.05, 3.63) is 29.8 Å². The van der Waals surface area contributed by atoms with E-state index in [2.05, 4.69) is 10.0 Å². The summed E-state index contributed by atoms with van der Waals surface area (Å²) in [6.07, 6.45) is 0.360. The summed E-state index contributed by atoms with van der Waals surface area (Å²) in [6.45, 7) is 1.42. The van der Waals surface area contributed by atoms with Crippen molar-refractivity contribution >= 4 is 25.8 Å². The van der Waals surface area contributed by atoms with Gasteiger partial charge in [-0.05, 0) is 25.5 Å². The normalized spacial score (nSPS) is 20.7. The number of benzene rings is 1. The highest BCUT2D eigenvalue weighted by atomic mass is 32.2. The van der Waals surface area contributed by atoms with Gasteiger partial charge in [0.05, 0.1) is 22.9 Å². The predicted molar refractivity (Wildman–Crippen MR) is 81.6 cm³/mol. The first kappa shape index (κ1) is 16.9. The Morgan fingerprint density at radius 3 is 2.45 bits per heavy atom. The molecule has 0 saturated carbocycles. The topological polar surface area (TPSA) is 109 Å². The summed E-state index contributed by atoms with van der Waals surface area (Å²) in [6, 6.07) is 5.80. The van der Waals surface area contributed by atoms with Crippen molar-refractivity contribution < 1.29 is 21.6 Å². The molecule has 1 aliphatic rings. The van der Waals surface area contributed by atoms with E-state index in [1.165, 1.54) is 12.1 Å². The minimum absolute atomic E-state index is 0.0487. The van der Waals surface area contributed by atoms with Crippen LogP contribution in [0.25, 0.3) is 0 Å². The van der Waals surface area contributed by atoms with Gasteiger partial charge in [0.15, 0.2) is 9.84 Å². The van der Waals surface area contributed by atoms with Gasteiger partial charge in [0.2, 0.25) is 15.9 Å². The molecule has 1 atom stereocenters. The van der Waals surface area contributed by atoms with Crippen LogP contribution < -0.4 is 10.0 Å². The molecule has 0 spiro atoms. The first-order valence-electron chi connectivity index (χ1n) is 6.74. The quantitative estimate of drug-likeness (QED) is 0.752. The van der Waals surface area contributed by atoms with E-state index < -0.39 is 38.4 Å². The zero-order chi connectivity index (χ0) is 16.4. The van der Waals surface area contributed by atoms with Gasteiger partial charge in [-0.1, -0.05) is 17.7 Å². The fourth-order valence-corrected chi connectivity index (χ4v) is 4.80. The first-order valence-corrected chi connectivity index (χ1v) is 10.0. The predicted octanol–water partition coefficient (Wildman–Crippen LogP) is -0.423. The Morgan fingerprint density at radius 1 is 1.27 bits per heavy atom. The molecule has 0 radical (unpaired) electrons. The van der Waals surface area contributed by atoms with E-state index in [1.807, 2.05) is 6.92 Å². The molecule has 122 valence electrons. The van der Waals surface area contributed by atoms with Crippen LogP contribution in [0, 0.1) is 6.92 Å². The number of carbonyl (C=O) groups excluding carboxylic acids is 1. The third-order valence-corrected chi connectivity index (χ3v) is 6.54. The summed E-state index contributed by atoms with van der Waals surface area (Å²) in [5.41, 5.74) is 0.930. The number of hydrogen-bond donors (Lipinski definition) is 2. The molecule has 1 amide bonds. The van der Waals surface area contributed by atoms with Crippen LogP contribution in [0.2, 0.25) is 0 Å². The summed E-state index contributed by atoms with van der Waals surface area (Å²) in [5, 5.41) is 2.52. The second-order valence-corrected chi connectivity index (χ2v) is 9.30. The Kier molecular flexibility index (Phi) is 4.88. The molecule has 1 aliphatic heterocycles. The maximum Gasteiger partial charge on any atom is 0.241 e. The van der Waals surface area contributed by atoms with Gasteiger partial charge in [-0.3, -0.25) is 4.79 Å². The average Bonchev–Trinajstić information content (AvgIpc) is 2.76. The molecular weight excluding hydrogens is 328 g/mol. The number of amides is 1. The standard InChI is InChI=1S/C13H18N2O5S2/c1-10-2-4-12(5-3-10)22(19,20)14-8-13(16)15-11-6-7-21(17,18)9-11/h2-5,11,14H,6-9H2,1H3,(H,15,16)/t11-/m1/s1. The Balaban J connectivity index is 1.89. The van der Waals surface area contributed by atoms with E-state index in [4.69, 9.17) is 0 Å². The number of nitrogens with one attached hydrogen (secondary N) is 2. The molecule has 22 heavy (non-hydrogen) atoms. The average molecular weight is 346 g/mol. The molecule has 9 heteroatoms. The second kappa shape index (κ2) is 6.35. The minimum Gasteiger partial charge on any atom is -0.351 e. The van der Waals surface area contributed by atoms with E-state index >= 15 is 0 Å². The minimum atomic E-state index is -3.76. The van der Waals surface area contributed by atoms with E-state index in [0.717, 1.165) is 5.56 Å². The van der Waals surface area contributed by atoms with Crippen LogP contribution in [0.15, 0.2) is 29.2 Å². The highest BCUT2D eigenvalue weighted by Gasteiger charge is 2.29. The van der Waals surface area contributed by atoms with Gasteiger partial charge in [0.1, 0.15) is 0 Å². The highest BCUT2D eigenvalue weighted by molar-refractivity contribution is 7.91. The van der Waals surface area contributed by atoms with Gasteiger partial charge >= 0.3 is 0 Å². The van der Waals surface area contributed by atoms with E-state index in [0.29, 0.717) is 6.42 Å². The van der Waals surface area contributed by atoms with Gasteiger partial charge in [-0.15, -0.1) is 0 Å². The molecule has 1 aromatic rings. The number of carbonyl (C=O) groups is 1. The smallest absolute Gasteiger partial charge is 0.241 e. The Labute approximate surface area is 130 Å². The van der Waals surface area contributed by atoms with Gasteiger partial charge in [0, 0.05) is 6.04 Å². The molecule has 0 unspecified atom stereocenters. The molecule has 7 nitrogen and oxygen atoms in total. The van der Waals surface area contributed by atoms with Crippen molar-refractivity contribution in [2.45, 2.75) is 24.3 Å². The Hall–Kier alpha value is -1.45. The number of sulfonamides is 1. The van der Waals surface area contributed by atoms with Crippen LogP contribution in [0.1, 0.15) is 12.0 Å². The molecule has 1 heterocycles. The number of aryl methyl sites for hydroxylation is 1. The van der Waals surface area contributed by atoms with Crippen molar-refractivity contribution in [3.8, 4) is 0 Å². The Morgan fingerprint density at radius 2 is 1.91 bits per heavy atom. The van der Waals surface area contributed by atoms with Crippen LogP contribution in [0.4, 0.5) is 0 Å². The summed E-state index contributed by atoms with van der Waals surface area (Å²) in [7, 11) is -6.84. The maximum atomic E-state index is 12.0. The number of hydrogen-bond acceptors (Lipinski definition) is 5. The van der Waals surface area contributed by atoms with Gasteiger partial charge in [-0.25, -0.2) is 21.6 Å². The third-order valence-electron chi connectivity index (χ3n) is 3.35. The molecule has 0 bridgehead atoms. The zero-order valence-corrected chi connectivity index (χ0v) is 13.7. The molecule has 2 rings (SSSR count). The zero-order valence-electron chi connectivity index (χ0n) is 12.1. The summed E-state index contributed by atoms with van der Waals surface area (Å²) in [4.78, 5) is 11.8. The van der Waals surface area contributed by atoms with Gasteiger partial charge < -0.3 is 5.32 Å². The maximum absolute atomic E-state index is 12.0. The van der Waals surface area contributed by atoms with Crippen molar-refractivity contribution in [3.63, 3.8) is 0 Å². The number of sulfone groups is 1.